The molecule has 0 amide bonds. The molecule has 4 nitrogen and oxygen atoms in total. The maximum absolute atomic E-state index is 9.63. The van der Waals surface area contributed by atoms with Gasteiger partial charge in [-0.2, -0.15) is 0 Å². The van der Waals surface area contributed by atoms with E-state index < -0.39 is 6.10 Å². The van der Waals surface area contributed by atoms with Gasteiger partial charge in [0.05, 0.1) is 24.1 Å². The molecule has 1 aromatic heterocycles. The Morgan fingerprint density at radius 1 is 1.31 bits per heavy atom. The van der Waals surface area contributed by atoms with Crippen LogP contribution in [0.1, 0.15) is 45.7 Å². The summed E-state index contributed by atoms with van der Waals surface area (Å²) >= 11 is 0. The fraction of sp³-hybridized carbons (Fsp3) is 0.667. The number of hydrogen-bond donors (Lipinski definition) is 1. The van der Waals surface area contributed by atoms with Crippen LogP contribution in [0.3, 0.4) is 0 Å². The zero-order chi connectivity index (χ0) is 12.1. The van der Waals surface area contributed by atoms with Crippen LogP contribution >= 0.6 is 0 Å². The van der Waals surface area contributed by atoms with Crippen LogP contribution in [-0.2, 0) is 0 Å². The average Bonchev–Trinajstić information content (AvgIpc) is 2.17. The predicted octanol–water partition coefficient (Wildman–Crippen LogP) is 2.14. The van der Waals surface area contributed by atoms with Crippen molar-refractivity contribution >= 4 is 0 Å². The number of aliphatic hydroxyl groups is 1. The topological polar surface area (TPSA) is 55.2 Å². The van der Waals surface area contributed by atoms with Crippen molar-refractivity contribution in [3.8, 4) is 5.88 Å². The molecule has 0 aliphatic carbocycles. The molecule has 1 heterocycles. The van der Waals surface area contributed by atoms with Crippen LogP contribution in [0, 0.1) is 0 Å². The molecule has 0 fully saturated rings. The zero-order valence-electron chi connectivity index (χ0n) is 10.3. The molecule has 0 saturated carbocycles. The Labute approximate surface area is 96.7 Å². The Balaban J connectivity index is 2.88. The van der Waals surface area contributed by atoms with E-state index in [4.69, 9.17) is 4.74 Å². The van der Waals surface area contributed by atoms with E-state index in [2.05, 4.69) is 9.97 Å². The molecule has 1 N–H and O–H groups in total. The van der Waals surface area contributed by atoms with Crippen LogP contribution in [0.4, 0.5) is 0 Å². The summed E-state index contributed by atoms with van der Waals surface area (Å²) < 4.78 is 5.47. The van der Waals surface area contributed by atoms with Gasteiger partial charge in [0, 0.05) is 12.1 Å². The van der Waals surface area contributed by atoms with Gasteiger partial charge in [0.25, 0.3) is 0 Å². The van der Waals surface area contributed by atoms with E-state index in [0.717, 1.165) is 12.1 Å². The van der Waals surface area contributed by atoms with Crippen molar-refractivity contribution in [2.24, 2.45) is 0 Å². The van der Waals surface area contributed by atoms with Crippen LogP contribution in [0.2, 0.25) is 0 Å². The van der Waals surface area contributed by atoms with Gasteiger partial charge >= 0.3 is 0 Å². The molecule has 16 heavy (non-hydrogen) atoms. The third-order valence-corrected chi connectivity index (χ3v) is 2.39. The molecule has 0 spiro atoms. The molecule has 0 aromatic carbocycles. The van der Waals surface area contributed by atoms with Gasteiger partial charge < -0.3 is 9.84 Å². The maximum Gasteiger partial charge on any atom is 0.232 e. The second-order valence-corrected chi connectivity index (χ2v) is 4.20. The van der Waals surface area contributed by atoms with Gasteiger partial charge in [-0.05, 0) is 27.2 Å². The lowest BCUT2D eigenvalue weighted by Gasteiger charge is -2.18. The lowest BCUT2D eigenvalue weighted by molar-refractivity contribution is 0.156. The fourth-order valence-electron chi connectivity index (χ4n) is 1.64. The van der Waals surface area contributed by atoms with Crippen molar-refractivity contribution in [2.45, 2.75) is 52.2 Å². The Morgan fingerprint density at radius 3 is 2.50 bits per heavy atom. The molecule has 0 aliphatic rings. The number of nitrogens with zero attached hydrogens (tertiary/aromatic N) is 2. The molecule has 2 atom stereocenters. The van der Waals surface area contributed by atoms with Crippen LogP contribution in [0.25, 0.3) is 0 Å². The molecule has 0 aliphatic heterocycles. The first-order chi connectivity index (χ1) is 7.54. The van der Waals surface area contributed by atoms with Crippen molar-refractivity contribution in [3.05, 3.63) is 18.1 Å². The van der Waals surface area contributed by atoms with Gasteiger partial charge in [0.15, 0.2) is 0 Å². The number of aliphatic hydroxyl groups excluding tert-OH is 1. The summed E-state index contributed by atoms with van der Waals surface area (Å²) in [6.07, 6.45) is 3.77. The average molecular weight is 224 g/mol. The highest BCUT2D eigenvalue weighted by atomic mass is 16.5. The second kappa shape index (κ2) is 5.80. The highest BCUT2D eigenvalue weighted by Gasteiger charge is 2.17. The van der Waals surface area contributed by atoms with E-state index in [-0.39, 0.29) is 12.0 Å². The Hall–Kier alpha value is -1.16. The largest absolute Gasteiger partial charge is 0.474 e. The van der Waals surface area contributed by atoms with E-state index in [1.165, 1.54) is 0 Å². The van der Waals surface area contributed by atoms with Gasteiger partial charge in [-0.15, -0.1) is 0 Å². The first kappa shape index (κ1) is 12.9. The molecule has 1 rings (SSSR count). The zero-order valence-corrected chi connectivity index (χ0v) is 10.3. The smallest absolute Gasteiger partial charge is 0.232 e. The maximum atomic E-state index is 9.63. The van der Waals surface area contributed by atoms with E-state index in [1.54, 1.807) is 19.3 Å². The van der Waals surface area contributed by atoms with Crippen molar-refractivity contribution in [3.63, 3.8) is 0 Å². The number of ether oxygens (including phenoxy) is 1. The monoisotopic (exact) mass is 224 g/mol. The predicted molar refractivity (Wildman–Crippen MR) is 62.5 cm³/mol. The molecular formula is C12H20N2O2. The van der Waals surface area contributed by atoms with Crippen LogP contribution in [-0.4, -0.2) is 27.3 Å². The first-order valence-electron chi connectivity index (χ1n) is 5.71. The molecule has 2 unspecified atom stereocenters. The van der Waals surface area contributed by atoms with Crippen LogP contribution in [0.15, 0.2) is 12.4 Å². The number of aromatic nitrogens is 2. The minimum atomic E-state index is -0.423. The Bertz CT molecular complexity index is 327. The molecule has 0 radical (unpaired) electrons. The summed E-state index contributed by atoms with van der Waals surface area (Å²) in [7, 11) is 0. The van der Waals surface area contributed by atoms with Crippen molar-refractivity contribution in [1.29, 1.82) is 0 Å². The summed E-state index contributed by atoms with van der Waals surface area (Å²) in [5, 5.41) is 9.63. The summed E-state index contributed by atoms with van der Waals surface area (Å²) in [5.74, 6) is 0.537. The quantitative estimate of drug-likeness (QED) is 0.832. The van der Waals surface area contributed by atoms with E-state index in [9.17, 15) is 5.11 Å². The van der Waals surface area contributed by atoms with Gasteiger partial charge in [-0.3, -0.25) is 4.98 Å². The minimum absolute atomic E-state index is 0.0169. The lowest BCUT2D eigenvalue weighted by atomic mass is 9.97. The van der Waals surface area contributed by atoms with Gasteiger partial charge in [0.1, 0.15) is 0 Å². The minimum Gasteiger partial charge on any atom is -0.474 e. The van der Waals surface area contributed by atoms with Crippen LogP contribution < -0.4 is 4.74 Å². The number of rotatable bonds is 5. The normalized spacial score (nSPS) is 14.9. The van der Waals surface area contributed by atoms with Gasteiger partial charge in [-0.25, -0.2) is 4.98 Å². The van der Waals surface area contributed by atoms with Crippen molar-refractivity contribution in [1.82, 2.24) is 9.97 Å². The standard InChI is InChI=1S/C12H20N2O2/c1-5-10(9(4)15)11-6-13-7-12(14-11)16-8(2)3/h6-10,15H,5H2,1-4H3. The molecule has 4 heteroatoms. The lowest BCUT2D eigenvalue weighted by Crippen LogP contribution is -2.16. The summed E-state index contributed by atoms with van der Waals surface area (Å²) in [6.45, 7) is 7.68. The Morgan fingerprint density at radius 2 is 2.00 bits per heavy atom. The first-order valence-corrected chi connectivity index (χ1v) is 5.71. The fourth-order valence-corrected chi connectivity index (χ4v) is 1.64. The second-order valence-electron chi connectivity index (χ2n) is 4.20. The van der Waals surface area contributed by atoms with Crippen molar-refractivity contribution < 1.29 is 9.84 Å². The van der Waals surface area contributed by atoms with Crippen LogP contribution in [0.5, 0.6) is 5.88 Å². The van der Waals surface area contributed by atoms with E-state index in [1.807, 2.05) is 20.8 Å². The summed E-state index contributed by atoms with van der Waals surface area (Å²) in [4.78, 5) is 8.45. The van der Waals surface area contributed by atoms with E-state index >= 15 is 0 Å². The molecule has 0 saturated heterocycles. The SMILES string of the molecule is CCC(c1cncc(OC(C)C)n1)C(C)O. The number of hydrogen-bond acceptors (Lipinski definition) is 4. The summed E-state index contributed by atoms with van der Waals surface area (Å²) in [6, 6.07) is 0. The third-order valence-electron chi connectivity index (χ3n) is 2.39. The molecule has 1 aromatic rings. The molecule has 0 bridgehead atoms. The highest BCUT2D eigenvalue weighted by Crippen LogP contribution is 2.22. The molecule has 90 valence electrons. The van der Waals surface area contributed by atoms with Crippen molar-refractivity contribution in [2.75, 3.05) is 0 Å². The molecular weight excluding hydrogens is 204 g/mol. The summed E-state index contributed by atoms with van der Waals surface area (Å²) in [5.41, 5.74) is 0.788. The third kappa shape index (κ3) is 3.45. The highest BCUT2D eigenvalue weighted by molar-refractivity contribution is 5.13. The Kier molecular flexibility index (Phi) is 4.68. The van der Waals surface area contributed by atoms with Gasteiger partial charge in [0.2, 0.25) is 5.88 Å². The van der Waals surface area contributed by atoms with E-state index in [0.29, 0.717) is 5.88 Å². The van der Waals surface area contributed by atoms with Gasteiger partial charge in [-0.1, -0.05) is 6.92 Å².